The highest BCUT2D eigenvalue weighted by Gasteiger charge is 2.30. The van der Waals surface area contributed by atoms with Crippen LogP contribution in [0.4, 0.5) is 0 Å². The minimum atomic E-state index is -3.63. The van der Waals surface area contributed by atoms with Gasteiger partial charge in [0.25, 0.3) is 0 Å². The first-order valence-corrected chi connectivity index (χ1v) is 6.63. The third kappa shape index (κ3) is 8.12. The van der Waals surface area contributed by atoms with E-state index in [4.69, 9.17) is 36.8 Å². The zero-order valence-electron chi connectivity index (χ0n) is 9.07. The Morgan fingerprint density at radius 1 is 1.13 bits per heavy atom. The summed E-state index contributed by atoms with van der Waals surface area (Å²) in [6.45, 7) is 6.86. The summed E-state index contributed by atoms with van der Waals surface area (Å²) in [6, 6.07) is 0. The van der Waals surface area contributed by atoms with Crippen molar-refractivity contribution in [3.8, 4) is 0 Å². The smallest absolute Gasteiger partial charge is 0.409 e. The molecule has 0 atom stereocenters. The summed E-state index contributed by atoms with van der Waals surface area (Å²) in [5.41, 5.74) is 0. The number of phosphoric acid groups is 1. The lowest BCUT2D eigenvalue weighted by Crippen LogP contribution is -2.08. The summed E-state index contributed by atoms with van der Waals surface area (Å²) in [5, 5.41) is 0. The molecule has 0 N–H and O–H groups in total. The summed E-state index contributed by atoms with van der Waals surface area (Å²) < 4.78 is 26.6. The number of halogens is 2. The van der Waals surface area contributed by atoms with E-state index in [2.05, 4.69) is 0 Å². The number of hydrogen-bond donors (Lipinski definition) is 0. The molecule has 0 fully saturated rings. The average molecular weight is 277 g/mol. The minimum Gasteiger partial charge on any atom is -0.409 e. The third-order valence-corrected chi connectivity index (χ3v) is 2.85. The fourth-order valence-corrected chi connectivity index (χ4v) is 2.33. The van der Waals surface area contributed by atoms with Crippen molar-refractivity contribution in [1.82, 2.24) is 0 Å². The maximum absolute atomic E-state index is 11.9. The molecule has 0 saturated heterocycles. The number of rotatable bonds is 6. The topological polar surface area (TPSA) is 44.8 Å². The maximum Gasteiger partial charge on any atom is 0.530 e. The standard InChI is InChI=1S/C8H15Cl2O4P/c1-6(2)13-15(11,14-7(3)4)12-5-8(9)10/h5-7H,1-4H3. The van der Waals surface area contributed by atoms with Gasteiger partial charge < -0.3 is 4.52 Å². The van der Waals surface area contributed by atoms with Crippen LogP contribution in [0.15, 0.2) is 10.8 Å². The summed E-state index contributed by atoms with van der Waals surface area (Å²) in [4.78, 5) is 0. The van der Waals surface area contributed by atoms with Crippen molar-refractivity contribution in [3.63, 3.8) is 0 Å². The summed E-state index contributed by atoms with van der Waals surface area (Å²) in [6.07, 6.45) is 0.337. The molecule has 0 unspecified atom stereocenters. The van der Waals surface area contributed by atoms with Gasteiger partial charge >= 0.3 is 7.82 Å². The van der Waals surface area contributed by atoms with Crippen molar-refractivity contribution in [2.45, 2.75) is 39.9 Å². The SMILES string of the molecule is CC(C)OP(=O)(OC=C(Cl)Cl)OC(C)C. The molecular formula is C8H15Cl2O4P. The number of hydrogen-bond acceptors (Lipinski definition) is 4. The molecular weight excluding hydrogens is 262 g/mol. The van der Waals surface area contributed by atoms with Crippen LogP contribution in [0, 0.1) is 0 Å². The first kappa shape index (κ1) is 15.3. The Morgan fingerprint density at radius 2 is 1.53 bits per heavy atom. The summed E-state index contributed by atoms with van der Waals surface area (Å²) >= 11 is 10.7. The van der Waals surface area contributed by atoms with Crippen LogP contribution in [-0.4, -0.2) is 12.2 Å². The van der Waals surface area contributed by atoms with Crippen LogP contribution in [0.3, 0.4) is 0 Å². The maximum atomic E-state index is 11.9. The van der Waals surface area contributed by atoms with Crippen LogP contribution in [0.25, 0.3) is 0 Å². The number of phosphoric ester groups is 1. The van der Waals surface area contributed by atoms with Gasteiger partial charge in [-0.25, -0.2) is 4.57 Å². The molecule has 0 aliphatic rings. The zero-order chi connectivity index (χ0) is 12.1. The molecule has 0 amide bonds. The Balaban J connectivity index is 4.55. The van der Waals surface area contributed by atoms with Crippen molar-refractivity contribution >= 4 is 31.0 Å². The van der Waals surface area contributed by atoms with E-state index in [0.29, 0.717) is 0 Å². The predicted molar refractivity (Wildman–Crippen MR) is 60.9 cm³/mol. The van der Waals surface area contributed by atoms with E-state index < -0.39 is 7.82 Å². The molecule has 0 saturated carbocycles. The predicted octanol–water partition coefficient (Wildman–Crippen LogP) is 4.24. The van der Waals surface area contributed by atoms with Gasteiger partial charge in [-0.2, -0.15) is 0 Å². The molecule has 0 bridgehead atoms. The highest BCUT2D eigenvalue weighted by atomic mass is 35.5. The van der Waals surface area contributed by atoms with Gasteiger partial charge in [0.1, 0.15) is 10.8 Å². The molecule has 0 spiro atoms. The van der Waals surface area contributed by atoms with Gasteiger partial charge in [-0.3, -0.25) is 9.05 Å². The Kier molecular flexibility index (Phi) is 6.89. The molecule has 0 aliphatic heterocycles. The van der Waals surface area contributed by atoms with Crippen LogP contribution in [0.5, 0.6) is 0 Å². The molecule has 0 rings (SSSR count). The van der Waals surface area contributed by atoms with Crippen LogP contribution < -0.4 is 0 Å². The van der Waals surface area contributed by atoms with E-state index in [9.17, 15) is 4.57 Å². The monoisotopic (exact) mass is 276 g/mol. The van der Waals surface area contributed by atoms with Gasteiger partial charge in [0.05, 0.1) is 12.2 Å². The van der Waals surface area contributed by atoms with E-state index in [1.165, 1.54) is 0 Å². The normalized spacial score (nSPS) is 12.0. The summed E-state index contributed by atoms with van der Waals surface area (Å²) in [5.74, 6) is 0. The molecule has 90 valence electrons. The van der Waals surface area contributed by atoms with Gasteiger partial charge in [-0.1, -0.05) is 23.2 Å². The molecule has 0 aromatic carbocycles. The van der Waals surface area contributed by atoms with Crippen molar-refractivity contribution in [2.75, 3.05) is 0 Å². The molecule has 15 heavy (non-hydrogen) atoms. The summed E-state index contributed by atoms with van der Waals surface area (Å²) in [7, 11) is -3.63. The molecule has 7 heteroatoms. The second kappa shape index (κ2) is 6.77. The molecule has 0 radical (unpaired) electrons. The second-order valence-corrected chi connectivity index (χ2v) is 5.80. The van der Waals surface area contributed by atoms with Crippen LogP contribution in [0.2, 0.25) is 0 Å². The molecule has 0 aromatic rings. The molecule has 4 nitrogen and oxygen atoms in total. The first-order chi connectivity index (χ1) is 6.75. The van der Waals surface area contributed by atoms with E-state index >= 15 is 0 Å². The van der Waals surface area contributed by atoms with Crippen LogP contribution >= 0.6 is 31.0 Å². The zero-order valence-corrected chi connectivity index (χ0v) is 11.5. The van der Waals surface area contributed by atoms with Crippen molar-refractivity contribution in [1.29, 1.82) is 0 Å². The van der Waals surface area contributed by atoms with Crippen LogP contribution in [0.1, 0.15) is 27.7 Å². The Morgan fingerprint density at radius 3 is 1.80 bits per heavy atom. The van der Waals surface area contributed by atoms with Gasteiger partial charge in [0.2, 0.25) is 0 Å². The lowest BCUT2D eigenvalue weighted by atomic mass is 10.5. The lowest BCUT2D eigenvalue weighted by Gasteiger charge is -2.20. The molecule has 0 aromatic heterocycles. The minimum absolute atomic E-state index is 0.157. The molecule has 0 aliphatic carbocycles. The van der Waals surface area contributed by atoms with Crippen molar-refractivity contribution < 1.29 is 18.1 Å². The van der Waals surface area contributed by atoms with Gasteiger partial charge in [0, 0.05) is 0 Å². The van der Waals surface area contributed by atoms with Gasteiger partial charge in [-0.05, 0) is 27.7 Å². The van der Waals surface area contributed by atoms with Gasteiger partial charge in [0.15, 0.2) is 0 Å². The largest absolute Gasteiger partial charge is 0.530 e. The van der Waals surface area contributed by atoms with E-state index in [-0.39, 0.29) is 16.7 Å². The van der Waals surface area contributed by atoms with Crippen molar-refractivity contribution in [3.05, 3.63) is 10.8 Å². The Hall–Kier alpha value is 0.270. The highest BCUT2D eigenvalue weighted by Crippen LogP contribution is 2.52. The van der Waals surface area contributed by atoms with E-state index in [1.807, 2.05) is 0 Å². The van der Waals surface area contributed by atoms with Gasteiger partial charge in [-0.15, -0.1) is 0 Å². The highest BCUT2D eigenvalue weighted by molar-refractivity contribution is 7.48. The van der Waals surface area contributed by atoms with E-state index in [1.54, 1.807) is 27.7 Å². The fraction of sp³-hybridized carbons (Fsp3) is 0.750. The third-order valence-electron chi connectivity index (χ3n) is 0.951. The fourth-order valence-electron chi connectivity index (χ4n) is 0.695. The lowest BCUT2D eigenvalue weighted by molar-refractivity contribution is 0.0935. The van der Waals surface area contributed by atoms with Crippen molar-refractivity contribution in [2.24, 2.45) is 0 Å². The average Bonchev–Trinajstić information content (AvgIpc) is 1.97. The molecule has 0 heterocycles. The first-order valence-electron chi connectivity index (χ1n) is 4.41. The Labute approximate surface area is 100 Å². The van der Waals surface area contributed by atoms with Crippen LogP contribution in [-0.2, 0) is 18.1 Å². The van der Waals surface area contributed by atoms with E-state index in [0.717, 1.165) is 6.26 Å². The Bertz CT molecular complexity index is 247. The quantitative estimate of drug-likeness (QED) is 0.538. The second-order valence-electron chi connectivity index (χ2n) is 3.27.